The first-order chi connectivity index (χ1) is 7.74. The van der Waals surface area contributed by atoms with Gasteiger partial charge in [-0.2, -0.15) is 0 Å². The van der Waals surface area contributed by atoms with Crippen LogP contribution in [0.1, 0.15) is 12.7 Å². The maximum atomic E-state index is 5.42. The second-order valence-electron chi connectivity index (χ2n) is 3.80. The standard InChI is InChI=1S/C11H21N3O2/c1-10(9-16-7-6-15-3)13-8-11-12-4-5-14(11)2/h4-5,10,13H,6-9H2,1-3H3. The van der Waals surface area contributed by atoms with Crippen LogP contribution in [-0.2, 0) is 23.1 Å². The van der Waals surface area contributed by atoms with Crippen molar-refractivity contribution >= 4 is 0 Å². The van der Waals surface area contributed by atoms with Crippen molar-refractivity contribution in [3.63, 3.8) is 0 Å². The van der Waals surface area contributed by atoms with Crippen molar-refractivity contribution in [2.45, 2.75) is 19.5 Å². The zero-order valence-electron chi connectivity index (χ0n) is 10.3. The van der Waals surface area contributed by atoms with Crippen LogP contribution in [0, 0.1) is 0 Å². The Morgan fingerprint density at radius 3 is 2.94 bits per heavy atom. The lowest BCUT2D eigenvalue weighted by Crippen LogP contribution is -2.31. The fourth-order valence-electron chi connectivity index (χ4n) is 1.29. The van der Waals surface area contributed by atoms with Gasteiger partial charge in [0.05, 0.1) is 26.4 Å². The average molecular weight is 227 g/mol. The Morgan fingerprint density at radius 2 is 2.31 bits per heavy atom. The zero-order chi connectivity index (χ0) is 11.8. The molecular formula is C11H21N3O2. The SMILES string of the molecule is COCCOCC(C)NCc1nccn1C. The molecule has 0 fully saturated rings. The number of aryl methyl sites for hydroxylation is 1. The number of hydrogen-bond acceptors (Lipinski definition) is 4. The molecule has 1 unspecified atom stereocenters. The summed E-state index contributed by atoms with van der Waals surface area (Å²) in [6.45, 7) is 4.83. The number of imidazole rings is 1. The van der Waals surface area contributed by atoms with Gasteiger partial charge in [0.2, 0.25) is 0 Å². The highest BCUT2D eigenvalue weighted by Gasteiger charge is 2.03. The fourth-order valence-corrected chi connectivity index (χ4v) is 1.29. The number of aromatic nitrogens is 2. The smallest absolute Gasteiger partial charge is 0.122 e. The third-order valence-electron chi connectivity index (χ3n) is 2.33. The van der Waals surface area contributed by atoms with Gasteiger partial charge >= 0.3 is 0 Å². The Labute approximate surface area is 96.8 Å². The molecule has 0 spiro atoms. The van der Waals surface area contributed by atoms with E-state index < -0.39 is 0 Å². The van der Waals surface area contributed by atoms with Crippen molar-refractivity contribution < 1.29 is 9.47 Å². The van der Waals surface area contributed by atoms with Crippen LogP contribution in [0.4, 0.5) is 0 Å². The third kappa shape index (κ3) is 4.74. The molecule has 0 radical (unpaired) electrons. The van der Waals surface area contributed by atoms with Crippen LogP contribution in [0.3, 0.4) is 0 Å². The molecule has 1 aromatic heterocycles. The van der Waals surface area contributed by atoms with E-state index in [0.29, 0.717) is 25.9 Å². The monoisotopic (exact) mass is 227 g/mol. The van der Waals surface area contributed by atoms with Gasteiger partial charge in [-0.3, -0.25) is 0 Å². The first-order valence-electron chi connectivity index (χ1n) is 5.50. The number of ether oxygens (including phenoxy) is 2. The normalized spacial score (nSPS) is 12.9. The van der Waals surface area contributed by atoms with Crippen molar-refractivity contribution in [3.05, 3.63) is 18.2 Å². The number of methoxy groups -OCH3 is 1. The molecule has 0 aliphatic rings. The van der Waals surface area contributed by atoms with Crippen LogP contribution in [-0.4, -0.2) is 42.5 Å². The van der Waals surface area contributed by atoms with Gasteiger partial charge < -0.3 is 19.4 Å². The van der Waals surface area contributed by atoms with Gasteiger partial charge in [-0.15, -0.1) is 0 Å². The number of rotatable bonds is 8. The molecule has 1 aromatic rings. The Kier molecular flexibility index (Phi) is 6.07. The van der Waals surface area contributed by atoms with Gasteiger partial charge in [0.1, 0.15) is 5.82 Å². The van der Waals surface area contributed by atoms with Crippen LogP contribution in [0.2, 0.25) is 0 Å². The van der Waals surface area contributed by atoms with Crippen LogP contribution in [0.25, 0.3) is 0 Å². The molecule has 0 amide bonds. The molecular weight excluding hydrogens is 206 g/mol. The highest BCUT2D eigenvalue weighted by atomic mass is 16.5. The van der Waals surface area contributed by atoms with Crippen LogP contribution < -0.4 is 5.32 Å². The Hall–Kier alpha value is -0.910. The van der Waals surface area contributed by atoms with Crippen molar-refractivity contribution in [1.82, 2.24) is 14.9 Å². The second kappa shape index (κ2) is 7.38. The molecule has 0 bridgehead atoms. The lowest BCUT2D eigenvalue weighted by atomic mass is 10.3. The first kappa shape index (κ1) is 13.2. The highest BCUT2D eigenvalue weighted by Crippen LogP contribution is 1.94. The molecule has 16 heavy (non-hydrogen) atoms. The molecule has 92 valence electrons. The quantitative estimate of drug-likeness (QED) is 0.659. The molecule has 0 aromatic carbocycles. The summed E-state index contributed by atoms with van der Waals surface area (Å²) >= 11 is 0. The van der Waals surface area contributed by atoms with Gasteiger partial charge in [0, 0.05) is 32.6 Å². The number of nitrogens with zero attached hydrogens (tertiary/aromatic N) is 2. The van der Waals surface area contributed by atoms with Gasteiger partial charge in [0.25, 0.3) is 0 Å². The summed E-state index contributed by atoms with van der Waals surface area (Å²) in [6.07, 6.45) is 3.74. The van der Waals surface area contributed by atoms with Crippen LogP contribution in [0.5, 0.6) is 0 Å². The van der Waals surface area contributed by atoms with E-state index in [1.165, 1.54) is 0 Å². The van der Waals surface area contributed by atoms with Crippen molar-refractivity contribution in [1.29, 1.82) is 0 Å². The fraction of sp³-hybridized carbons (Fsp3) is 0.727. The topological polar surface area (TPSA) is 48.3 Å². The molecule has 1 atom stereocenters. The summed E-state index contributed by atoms with van der Waals surface area (Å²) in [5.74, 6) is 1.03. The summed E-state index contributed by atoms with van der Waals surface area (Å²) in [7, 11) is 3.66. The lowest BCUT2D eigenvalue weighted by molar-refractivity contribution is 0.0607. The summed E-state index contributed by atoms with van der Waals surface area (Å²) in [5, 5.41) is 3.35. The average Bonchev–Trinajstić information content (AvgIpc) is 2.67. The molecule has 0 aliphatic heterocycles. The summed E-state index contributed by atoms with van der Waals surface area (Å²) in [5.41, 5.74) is 0. The molecule has 0 aliphatic carbocycles. The molecule has 0 saturated heterocycles. The third-order valence-corrected chi connectivity index (χ3v) is 2.33. The van der Waals surface area contributed by atoms with E-state index in [-0.39, 0.29) is 0 Å². The minimum absolute atomic E-state index is 0.313. The van der Waals surface area contributed by atoms with E-state index in [1.807, 2.05) is 17.8 Å². The summed E-state index contributed by atoms with van der Waals surface area (Å²) in [6, 6.07) is 0.313. The van der Waals surface area contributed by atoms with Crippen molar-refractivity contribution in [2.75, 3.05) is 26.9 Å². The molecule has 0 saturated carbocycles. The molecule has 1 rings (SSSR count). The molecule has 5 nitrogen and oxygen atoms in total. The lowest BCUT2D eigenvalue weighted by Gasteiger charge is -2.13. The van der Waals surface area contributed by atoms with E-state index in [0.717, 1.165) is 12.4 Å². The highest BCUT2D eigenvalue weighted by molar-refractivity contribution is 4.90. The maximum Gasteiger partial charge on any atom is 0.122 e. The van der Waals surface area contributed by atoms with E-state index in [2.05, 4.69) is 17.2 Å². The first-order valence-corrected chi connectivity index (χ1v) is 5.50. The van der Waals surface area contributed by atoms with E-state index in [4.69, 9.17) is 9.47 Å². The Bertz CT molecular complexity index is 289. The number of hydrogen-bond donors (Lipinski definition) is 1. The molecule has 5 heteroatoms. The molecule has 1 N–H and O–H groups in total. The van der Waals surface area contributed by atoms with Crippen molar-refractivity contribution in [2.24, 2.45) is 7.05 Å². The summed E-state index contributed by atoms with van der Waals surface area (Å²) < 4.78 is 12.3. The van der Waals surface area contributed by atoms with E-state index in [9.17, 15) is 0 Å². The van der Waals surface area contributed by atoms with Crippen molar-refractivity contribution in [3.8, 4) is 0 Å². The van der Waals surface area contributed by atoms with E-state index in [1.54, 1.807) is 13.3 Å². The second-order valence-corrected chi connectivity index (χ2v) is 3.80. The van der Waals surface area contributed by atoms with Gasteiger partial charge in [-0.25, -0.2) is 4.98 Å². The van der Waals surface area contributed by atoms with Gasteiger partial charge in [0.15, 0.2) is 0 Å². The summed E-state index contributed by atoms with van der Waals surface area (Å²) in [4.78, 5) is 4.24. The van der Waals surface area contributed by atoms with Gasteiger partial charge in [-0.1, -0.05) is 0 Å². The number of nitrogens with one attached hydrogen (secondary N) is 1. The largest absolute Gasteiger partial charge is 0.382 e. The zero-order valence-corrected chi connectivity index (χ0v) is 10.3. The minimum Gasteiger partial charge on any atom is -0.382 e. The van der Waals surface area contributed by atoms with Gasteiger partial charge in [-0.05, 0) is 6.92 Å². The Morgan fingerprint density at radius 1 is 1.50 bits per heavy atom. The van der Waals surface area contributed by atoms with Crippen LogP contribution in [0.15, 0.2) is 12.4 Å². The predicted octanol–water partition coefficient (Wildman–Crippen LogP) is 0.561. The molecule has 1 heterocycles. The predicted molar refractivity (Wildman–Crippen MR) is 62.2 cm³/mol. The van der Waals surface area contributed by atoms with Crippen LogP contribution >= 0.6 is 0 Å². The Balaban J connectivity index is 2.10. The van der Waals surface area contributed by atoms with E-state index >= 15 is 0 Å². The maximum absolute atomic E-state index is 5.42. The minimum atomic E-state index is 0.313.